The fourth-order valence-corrected chi connectivity index (χ4v) is 3.86. The summed E-state index contributed by atoms with van der Waals surface area (Å²) in [5.74, 6) is 0. The number of rotatable bonds is 4. The van der Waals surface area contributed by atoms with Crippen molar-refractivity contribution in [3.05, 3.63) is 83.9 Å². The second-order valence-electron chi connectivity index (χ2n) is 5.93. The van der Waals surface area contributed by atoms with Crippen LogP contribution in [0.5, 0.6) is 0 Å². The monoisotopic (exact) mass is 353 g/mol. The van der Waals surface area contributed by atoms with Crippen molar-refractivity contribution in [3.8, 4) is 11.1 Å². The third-order valence-corrected chi connectivity index (χ3v) is 5.21. The number of hydrogen-bond donors (Lipinski definition) is 2. The molecule has 5 heteroatoms. The molecule has 3 rings (SSSR count). The molecule has 0 radical (unpaired) electrons. The molecule has 0 aliphatic carbocycles. The summed E-state index contributed by atoms with van der Waals surface area (Å²) in [4.78, 5) is 20.2. The van der Waals surface area contributed by atoms with Gasteiger partial charge in [0.1, 0.15) is 0 Å². The van der Waals surface area contributed by atoms with Gasteiger partial charge in [0.25, 0.3) is 0 Å². The van der Waals surface area contributed by atoms with Gasteiger partial charge < -0.3 is 9.79 Å². The van der Waals surface area contributed by atoms with Gasteiger partial charge in [-0.15, -0.1) is 0 Å². The van der Waals surface area contributed by atoms with Crippen molar-refractivity contribution in [1.29, 1.82) is 0 Å². The molecule has 0 amide bonds. The van der Waals surface area contributed by atoms with Crippen molar-refractivity contribution in [2.75, 3.05) is 4.67 Å². The molecule has 2 N–H and O–H groups in total. The molecule has 3 aromatic carbocycles. The first-order valence-electron chi connectivity index (χ1n) is 7.96. The van der Waals surface area contributed by atoms with Crippen LogP contribution in [-0.4, -0.2) is 9.79 Å². The van der Waals surface area contributed by atoms with E-state index in [0.717, 1.165) is 26.9 Å². The van der Waals surface area contributed by atoms with Crippen LogP contribution in [0.4, 0.5) is 11.4 Å². The van der Waals surface area contributed by atoms with E-state index >= 15 is 0 Å². The normalized spacial score (nSPS) is 11.4. The van der Waals surface area contributed by atoms with Gasteiger partial charge in [-0.3, -0.25) is 0 Å². The highest BCUT2D eigenvalue weighted by Gasteiger charge is 2.31. The molecule has 0 aliphatic rings. The van der Waals surface area contributed by atoms with Crippen molar-refractivity contribution >= 4 is 19.1 Å². The van der Waals surface area contributed by atoms with Crippen molar-refractivity contribution in [3.63, 3.8) is 0 Å². The molecule has 0 atom stereocenters. The van der Waals surface area contributed by atoms with Gasteiger partial charge in [-0.05, 0) is 42.7 Å². The Hall–Kier alpha value is -2.39. The van der Waals surface area contributed by atoms with Gasteiger partial charge >= 0.3 is 7.75 Å². The second-order valence-corrected chi connectivity index (χ2v) is 7.36. The Bertz CT molecular complexity index is 920. The highest BCUT2D eigenvalue weighted by molar-refractivity contribution is 7.54. The zero-order chi connectivity index (χ0) is 18.0. The first-order chi connectivity index (χ1) is 11.9. The van der Waals surface area contributed by atoms with Gasteiger partial charge in [-0.2, -0.15) is 0 Å². The molecule has 0 heterocycles. The lowest BCUT2D eigenvalue weighted by molar-refractivity contribution is 0.373. The summed E-state index contributed by atoms with van der Waals surface area (Å²) in [6.07, 6.45) is 0. The smallest absolute Gasteiger partial charge is 0.308 e. The molecular formula is C20H20NO3P. The summed E-state index contributed by atoms with van der Waals surface area (Å²) in [7, 11) is -4.58. The minimum absolute atomic E-state index is 0.460. The standard InChI is InChI=1S/C20H20NO3P/c1-15-13-14-19(17-9-5-3-6-10-17)20(16(15)2)21(25(22,23)24)18-11-7-4-8-12-18/h3-14H,1-2H3,(H2,22,23,24). The minimum atomic E-state index is -4.58. The van der Waals surface area contributed by atoms with E-state index < -0.39 is 7.75 Å². The molecule has 0 aliphatic heterocycles. The Labute approximate surface area is 147 Å². The van der Waals surface area contributed by atoms with E-state index in [2.05, 4.69) is 0 Å². The van der Waals surface area contributed by atoms with E-state index in [9.17, 15) is 14.4 Å². The Kier molecular flexibility index (Phi) is 4.78. The van der Waals surface area contributed by atoms with Crippen LogP contribution >= 0.6 is 7.75 Å². The van der Waals surface area contributed by atoms with Crippen LogP contribution in [-0.2, 0) is 4.57 Å². The molecule has 0 bridgehead atoms. The predicted octanol–water partition coefficient (Wildman–Crippen LogP) is 5.20. The van der Waals surface area contributed by atoms with Gasteiger partial charge in [0, 0.05) is 5.56 Å². The topological polar surface area (TPSA) is 60.8 Å². The van der Waals surface area contributed by atoms with Crippen LogP contribution in [0.1, 0.15) is 11.1 Å². The van der Waals surface area contributed by atoms with Gasteiger partial charge in [-0.1, -0.05) is 60.7 Å². The summed E-state index contributed by atoms with van der Waals surface area (Å²) >= 11 is 0. The lowest BCUT2D eigenvalue weighted by Gasteiger charge is -2.30. The fraction of sp³-hybridized carbons (Fsp3) is 0.100. The summed E-state index contributed by atoms with van der Waals surface area (Å²) in [6, 6.07) is 22.3. The second kappa shape index (κ2) is 6.85. The summed E-state index contributed by atoms with van der Waals surface area (Å²) in [6.45, 7) is 3.83. The summed E-state index contributed by atoms with van der Waals surface area (Å²) < 4.78 is 13.5. The van der Waals surface area contributed by atoms with Crippen molar-refractivity contribution in [2.45, 2.75) is 13.8 Å². The lowest BCUT2D eigenvalue weighted by Crippen LogP contribution is -2.15. The van der Waals surface area contributed by atoms with Crippen LogP contribution in [0, 0.1) is 13.8 Å². The lowest BCUT2D eigenvalue weighted by atomic mass is 9.97. The maximum atomic E-state index is 12.4. The Morgan fingerprint density at radius 3 is 1.92 bits per heavy atom. The summed E-state index contributed by atoms with van der Waals surface area (Å²) in [5.41, 5.74) is 4.51. The van der Waals surface area contributed by atoms with Gasteiger partial charge in [0.2, 0.25) is 0 Å². The van der Waals surface area contributed by atoms with Gasteiger partial charge in [0.05, 0.1) is 11.4 Å². The number of anilines is 2. The molecule has 0 unspecified atom stereocenters. The molecular weight excluding hydrogens is 333 g/mol. The molecule has 0 saturated carbocycles. The fourth-order valence-electron chi connectivity index (χ4n) is 2.90. The molecule has 4 nitrogen and oxygen atoms in total. The van der Waals surface area contributed by atoms with E-state index in [1.54, 1.807) is 24.3 Å². The van der Waals surface area contributed by atoms with Crippen LogP contribution in [0.2, 0.25) is 0 Å². The zero-order valence-corrected chi connectivity index (χ0v) is 15.0. The van der Waals surface area contributed by atoms with E-state index in [4.69, 9.17) is 0 Å². The van der Waals surface area contributed by atoms with E-state index in [0.29, 0.717) is 11.4 Å². The quantitative estimate of drug-likeness (QED) is 0.633. The molecule has 0 fully saturated rings. The highest BCUT2D eigenvalue weighted by Crippen LogP contribution is 2.53. The third-order valence-electron chi connectivity index (χ3n) is 4.26. The SMILES string of the molecule is Cc1ccc(-c2ccccc2)c(N(c2ccccc2)P(=O)(O)O)c1C. The van der Waals surface area contributed by atoms with Crippen LogP contribution < -0.4 is 4.67 Å². The molecule has 0 spiro atoms. The van der Waals surface area contributed by atoms with E-state index in [-0.39, 0.29) is 0 Å². The van der Waals surface area contributed by atoms with Crippen LogP contribution in [0.25, 0.3) is 11.1 Å². The summed E-state index contributed by atoms with van der Waals surface area (Å²) in [5, 5.41) is 0. The molecule has 128 valence electrons. The minimum Gasteiger partial charge on any atom is -0.308 e. The van der Waals surface area contributed by atoms with Crippen molar-refractivity contribution in [1.82, 2.24) is 0 Å². The van der Waals surface area contributed by atoms with E-state index in [1.165, 1.54) is 0 Å². The number of para-hydroxylation sites is 1. The maximum Gasteiger partial charge on any atom is 0.434 e. The maximum absolute atomic E-state index is 12.4. The average Bonchev–Trinajstić information content (AvgIpc) is 2.60. The van der Waals surface area contributed by atoms with Crippen molar-refractivity contribution in [2.24, 2.45) is 0 Å². The predicted molar refractivity (Wildman–Crippen MR) is 102 cm³/mol. The first-order valence-corrected chi connectivity index (χ1v) is 9.53. The number of aryl methyl sites for hydroxylation is 1. The Morgan fingerprint density at radius 2 is 1.36 bits per heavy atom. The van der Waals surface area contributed by atoms with Crippen molar-refractivity contribution < 1.29 is 14.4 Å². The largest absolute Gasteiger partial charge is 0.434 e. The number of nitrogens with zero attached hydrogens (tertiary/aromatic N) is 1. The van der Waals surface area contributed by atoms with Gasteiger partial charge in [-0.25, -0.2) is 9.24 Å². The Balaban J connectivity index is 2.33. The zero-order valence-electron chi connectivity index (χ0n) is 14.1. The van der Waals surface area contributed by atoms with Crippen LogP contribution in [0.15, 0.2) is 72.8 Å². The molecule has 0 aromatic heterocycles. The molecule has 3 aromatic rings. The number of hydrogen-bond acceptors (Lipinski definition) is 1. The Morgan fingerprint density at radius 1 is 0.800 bits per heavy atom. The average molecular weight is 353 g/mol. The highest BCUT2D eigenvalue weighted by atomic mass is 31.2. The first kappa shape index (κ1) is 17.4. The van der Waals surface area contributed by atoms with E-state index in [1.807, 2.05) is 62.4 Å². The molecule has 25 heavy (non-hydrogen) atoms. The number of benzene rings is 3. The molecule has 0 saturated heterocycles. The van der Waals surface area contributed by atoms with Crippen LogP contribution in [0.3, 0.4) is 0 Å². The van der Waals surface area contributed by atoms with Gasteiger partial charge in [0.15, 0.2) is 0 Å². The third kappa shape index (κ3) is 3.52.